The minimum Gasteiger partial charge on any atom is -0.305 e. The van der Waals surface area contributed by atoms with Crippen LogP contribution in [0.4, 0.5) is 0 Å². The van der Waals surface area contributed by atoms with E-state index >= 15 is 0 Å². The highest BCUT2D eigenvalue weighted by molar-refractivity contribution is 7.69. The van der Waals surface area contributed by atoms with Gasteiger partial charge in [-0.1, -0.05) is 6.07 Å². The summed E-state index contributed by atoms with van der Waals surface area (Å²) < 4.78 is 22.9. The summed E-state index contributed by atoms with van der Waals surface area (Å²) in [5.74, 6) is -0.180. The summed E-state index contributed by atoms with van der Waals surface area (Å²) in [5.41, 5.74) is 0.350. The standard InChI is InChI=1S/C10H12N3O3S/c14-10(8-3-1-2-4-11-8)9-7-13(17(15)16)6-5-12-9/h1-4,9,12H,5-7H2. The molecule has 1 radical (unpaired) electrons. The van der Waals surface area contributed by atoms with Crippen LogP contribution in [0.1, 0.15) is 10.5 Å². The third-order valence-electron chi connectivity index (χ3n) is 2.58. The van der Waals surface area contributed by atoms with E-state index in [0.29, 0.717) is 18.8 Å². The van der Waals surface area contributed by atoms with Crippen molar-refractivity contribution in [2.45, 2.75) is 6.04 Å². The molecule has 7 heteroatoms. The molecule has 1 unspecified atom stereocenters. The van der Waals surface area contributed by atoms with Gasteiger partial charge in [0.15, 0.2) is 5.78 Å². The maximum absolute atomic E-state index is 12.0. The largest absolute Gasteiger partial charge is 0.305 e. The van der Waals surface area contributed by atoms with Crippen molar-refractivity contribution in [2.75, 3.05) is 19.6 Å². The molecule has 0 amide bonds. The third-order valence-corrected chi connectivity index (χ3v) is 3.34. The molecule has 1 saturated heterocycles. The first-order valence-electron chi connectivity index (χ1n) is 5.21. The molecule has 1 aliphatic heterocycles. The Balaban J connectivity index is 2.10. The zero-order valence-electron chi connectivity index (χ0n) is 9.04. The van der Waals surface area contributed by atoms with E-state index in [4.69, 9.17) is 0 Å². The molecule has 1 aliphatic rings. The predicted octanol–water partition coefficient (Wildman–Crippen LogP) is -0.668. The van der Waals surface area contributed by atoms with E-state index in [-0.39, 0.29) is 12.3 Å². The lowest BCUT2D eigenvalue weighted by atomic mass is 10.1. The van der Waals surface area contributed by atoms with Crippen molar-refractivity contribution in [3.63, 3.8) is 0 Å². The summed E-state index contributed by atoms with van der Waals surface area (Å²) in [5, 5.41) is 3.00. The fourth-order valence-electron chi connectivity index (χ4n) is 1.72. The second kappa shape index (κ2) is 5.26. The lowest BCUT2D eigenvalue weighted by Gasteiger charge is -2.27. The zero-order valence-corrected chi connectivity index (χ0v) is 9.85. The van der Waals surface area contributed by atoms with Crippen molar-refractivity contribution < 1.29 is 13.2 Å². The third kappa shape index (κ3) is 2.82. The number of ketones is 1. The van der Waals surface area contributed by atoms with E-state index in [0.717, 1.165) is 0 Å². The molecule has 0 saturated carbocycles. The number of Topliss-reactive ketones (excluding diaryl/α,β-unsaturated/α-hetero) is 1. The zero-order chi connectivity index (χ0) is 12.3. The fraction of sp³-hybridized carbons (Fsp3) is 0.400. The minimum atomic E-state index is -2.27. The Hall–Kier alpha value is -1.44. The second-order valence-corrected chi connectivity index (χ2v) is 4.64. The topological polar surface area (TPSA) is 79.4 Å². The normalized spacial score (nSPS) is 21.1. The molecule has 17 heavy (non-hydrogen) atoms. The van der Waals surface area contributed by atoms with E-state index in [1.807, 2.05) is 0 Å². The number of pyridine rings is 1. The summed E-state index contributed by atoms with van der Waals surface area (Å²) in [7, 11) is -2.27. The van der Waals surface area contributed by atoms with Crippen LogP contribution in [0.15, 0.2) is 24.4 Å². The summed E-state index contributed by atoms with van der Waals surface area (Å²) in [6.45, 7) is 1.02. The first-order valence-corrected chi connectivity index (χ1v) is 6.24. The molecule has 0 spiro atoms. The van der Waals surface area contributed by atoms with Gasteiger partial charge in [-0.2, -0.15) is 12.7 Å². The number of rotatable bonds is 3. The summed E-state index contributed by atoms with van der Waals surface area (Å²) >= 11 is 0. The highest BCUT2D eigenvalue weighted by Gasteiger charge is 2.28. The minimum absolute atomic E-state index is 0.158. The van der Waals surface area contributed by atoms with Crippen molar-refractivity contribution >= 4 is 16.7 Å². The Morgan fingerprint density at radius 1 is 1.47 bits per heavy atom. The molecule has 0 bridgehead atoms. The summed E-state index contributed by atoms with van der Waals surface area (Å²) in [6.07, 6.45) is 1.54. The van der Waals surface area contributed by atoms with Gasteiger partial charge in [0.1, 0.15) is 5.69 Å². The van der Waals surface area contributed by atoms with Gasteiger partial charge in [0.25, 0.3) is 10.9 Å². The Bertz CT molecular complexity index is 467. The Labute approximate surface area is 101 Å². The molecule has 1 fully saturated rings. The molecule has 91 valence electrons. The van der Waals surface area contributed by atoms with Crippen LogP contribution in [0.3, 0.4) is 0 Å². The van der Waals surface area contributed by atoms with Crippen LogP contribution in [0.5, 0.6) is 0 Å². The monoisotopic (exact) mass is 254 g/mol. The van der Waals surface area contributed by atoms with Gasteiger partial charge in [0.05, 0.1) is 6.04 Å². The fourth-order valence-corrected chi connectivity index (χ4v) is 2.23. The number of nitrogens with one attached hydrogen (secondary N) is 1. The molecule has 2 heterocycles. The first-order chi connectivity index (χ1) is 8.18. The van der Waals surface area contributed by atoms with Gasteiger partial charge < -0.3 is 5.32 Å². The van der Waals surface area contributed by atoms with Crippen LogP contribution in [0.2, 0.25) is 0 Å². The Kier molecular flexibility index (Phi) is 3.72. The van der Waals surface area contributed by atoms with E-state index in [1.54, 1.807) is 24.4 Å². The molecule has 0 aromatic carbocycles. The summed E-state index contributed by atoms with van der Waals surface area (Å²) in [4.78, 5) is 16.0. The van der Waals surface area contributed by atoms with Gasteiger partial charge in [-0.15, -0.1) is 0 Å². The Morgan fingerprint density at radius 3 is 2.94 bits per heavy atom. The number of aromatic nitrogens is 1. The van der Waals surface area contributed by atoms with E-state index in [1.165, 1.54) is 4.31 Å². The maximum atomic E-state index is 12.0. The number of nitrogens with zero attached hydrogens (tertiary/aromatic N) is 2. The van der Waals surface area contributed by atoms with Gasteiger partial charge in [0.2, 0.25) is 0 Å². The lowest BCUT2D eigenvalue weighted by Crippen LogP contribution is -2.53. The molecule has 2 rings (SSSR count). The molecule has 1 atom stereocenters. The highest BCUT2D eigenvalue weighted by atomic mass is 32.2. The highest BCUT2D eigenvalue weighted by Crippen LogP contribution is 2.05. The SMILES string of the molecule is O=C(c1ccccn1)C1CN([S](=O)=O)CCN1. The van der Waals surface area contributed by atoms with E-state index < -0.39 is 16.9 Å². The van der Waals surface area contributed by atoms with Crippen molar-refractivity contribution in [3.8, 4) is 0 Å². The van der Waals surface area contributed by atoms with E-state index in [9.17, 15) is 13.2 Å². The molecule has 6 nitrogen and oxygen atoms in total. The number of piperazine rings is 1. The van der Waals surface area contributed by atoms with Crippen molar-refractivity contribution in [1.29, 1.82) is 0 Å². The molecule has 1 aromatic rings. The molecule has 1 aromatic heterocycles. The first kappa shape index (κ1) is 12.0. The number of hydrogen-bond acceptors (Lipinski definition) is 5. The summed E-state index contributed by atoms with van der Waals surface area (Å²) in [6, 6.07) is 4.56. The average Bonchev–Trinajstić information content (AvgIpc) is 2.39. The van der Waals surface area contributed by atoms with Crippen LogP contribution < -0.4 is 5.32 Å². The number of hydrogen-bond donors (Lipinski definition) is 1. The van der Waals surface area contributed by atoms with Crippen LogP contribution in [0, 0.1) is 0 Å². The Morgan fingerprint density at radius 2 is 2.29 bits per heavy atom. The van der Waals surface area contributed by atoms with Crippen LogP contribution >= 0.6 is 0 Å². The molecule has 1 N–H and O–H groups in total. The molecule has 0 aliphatic carbocycles. The van der Waals surface area contributed by atoms with Gasteiger partial charge >= 0.3 is 0 Å². The van der Waals surface area contributed by atoms with Gasteiger partial charge in [0, 0.05) is 25.8 Å². The van der Waals surface area contributed by atoms with Crippen molar-refractivity contribution in [1.82, 2.24) is 14.6 Å². The quantitative estimate of drug-likeness (QED) is 0.724. The van der Waals surface area contributed by atoms with Crippen LogP contribution in [-0.2, 0) is 10.9 Å². The number of carbonyl (C=O) groups excluding carboxylic acids is 1. The lowest BCUT2D eigenvalue weighted by molar-refractivity contribution is 0.0911. The van der Waals surface area contributed by atoms with Crippen molar-refractivity contribution in [2.24, 2.45) is 0 Å². The predicted molar refractivity (Wildman–Crippen MR) is 60.9 cm³/mol. The van der Waals surface area contributed by atoms with Gasteiger partial charge in [-0.3, -0.25) is 9.78 Å². The second-order valence-electron chi connectivity index (χ2n) is 3.69. The average molecular weight is 254 g/mol. The smallest absolute Gasteiger partial charge is 0.269 e. The van der Waals surface area contributed by atoms with Crippen LogP contribution in [-0.4, -0.2) is 49.2 Å². The molecular formula is C10H12N3O3S. The van der Waals surface area contributed by atoms with Gasteiger partial charge in [-0.05, 0) is 12.1 Å². The number of carbonyl (C=O) groups is 1. The van der Waals surface area contributed by atoms with Crippen LogP contribution in [0.25, 0.3) is 0 Å². The van der Waals surface area contributed by atoms with Gasteiger partial charge in [-0.25, -0.2) is 0 Å². The maximum Gasteiger partial charge on any atom is 0.269 e. The molecular weight excluding hydrogens is 242 g/mol. The van der Waals surface area contributed by atoms with Crippen molar-refractivity contribution in [3.05, 3.63) is 30.1 Å². The van der Waals surface area contributed by atoms with E-state index in [2.05, 4.69) is 10.3 Å².